The van der Waals surface area contributed by atoms with Crippen molar-refractivity contribution in [3.05, 3.63) is 0 Å². The Balaban J connectivity index is 2.32. The maximum atomic E-state index is 10.9. The topological polar surface area (TPSA) is 34.4 Å². The van der Waals surface area contributed by atoms with E-state index in [4.69, 9.17) is 0 Å². The van der Waals surface area contributed by atoms with Crippen LogP contribution in [0.5, 0.6) is 0 Å². The highest BCUT2D eigenvalue weighted by molar-refractivity contribution is 5.74. The minimum Gasteiger partial charge on any atom is -0.323 e. The number of hydrogen-bond donors (Lipinski definition) is 0. The Kier molecular flexibility index (Phi) is 2.54. The van der Waals surface area contributed by atoms with Crippen LogP contribution in [-0.4, -0.2) is 30.6 Å². The van der Waals surface area contributed by atoms with Crippen molar-refractivity contribution in [2.45, 2.75) is 19.8 Å². The molecule has 57 valence electrons. The first-order valence-electron chi connectivity index (χ1n) is 3.81. The van der Waals surface area contributed by atoms with E-state index >= 15 is 0 Å². The summed E-state index contributed by atoms with van der Waals surface area (Å²) in [5.41, 5.74) is 0. The third kappa shape index (κ3) is 1.62. The van der Waals surface area contributed by atoms with Crippen LogP contribution in [0.15, 0.2) is 0 Å². The third-order valence-electron chi connectivity index (χ3n) is 1.60. The zero-order chi connectivity index (χ0) is 7.40. The van der Waals surface area contributed by atoms with E-state index in [1.54, 1.807) is 0 Å². The first-order valence-corrected chi connectivity index (χ1v) is 3.81. The highest BCUT2D eigenvalue weighted by Gasteiger charge is 2.16. The molecule has 3 nitrogen and oxygen atoms in total. The van der Waals surface area contributed by atoms with Gasteiger partial charge in [0.05, 0.1) is 0 Å². The number of hydrogen-bond acceptors (Lipinski definition) is 1. The lowest BCUT2D eigenvalue weighted by Crippen LogP contribution is -2.42. The molecule has 0 aliphatic carbocycles. The first kappa shape index (κ1) is 7.38. The third-order valence-corrected chi connectivity index (χ3v) is 1.60. The summed E-state index contributed by atoms with van der Waals surface area (Å²) >= 11 is 0. The molecule has 1 saturated heterocycles. The molecule has 0 aromatic rings. The Morgan fingerprint density at radius 2 is 2.50 bits per heavy atom. The van der Waals surface area contributed by atoms with Crippen molar-refractivity contribution in [1.29, 1.82) is 0 Å². The lowest BCUT2D eigenvalue weighted by atomic mass is 10.3. The predicted molar refractivity (Wildman–Crippen MR) is 38.9 cm³/mol. The SMILES string of the molecule is CCCN1CCC[N]C1=O. The van der Waals surface area contributed by atoms with Crippen molar-refractivity contribution in [2.75, 3.05) is 19.6 Å². The van der Waals surface area contributed by atoms with Crippen molar-refractivity contribution in [1.82, 2.24) is 10.2 Å². The Bertz CT molecular complexity index is 123. The van der Waals surface area contributed by atoms with Gasteiger partial charge in [0, 0.05) is 19.6 Å². The van der Waals surface area contributed by atoms with Crippen LogP contribution in [0.2, 0.25) is 0 Å². The second kappa shape index (κ2) is 3.44. The van der Waals surface area contributed by atoms with Gasteiger partial charge in [0.25, 0.3) is 0 Å². The smallest absolute Gasteiger partial charge is 0.323 e. The molecular formula is C7H13N2O. The van der Waals surface area contributed by atoms with E-state index < -0.39 is 0 Å². The van der Waals surface area contributed by atoms with Gasteiger partial charge in [-0.2, -0.15) is 0 Å². The number of carbonyl (C=O) groups excluding carboxylic acids is 1. The second-order valence-electron chi connectivity index (χ2n) is 2.50. The van der Waals surface area contributed by atoms with Crippen molar-refractivity contribution in [3.63, 3.8) is 0 Å². The summed E-state index contributed by atoms with van der Waals surface area (Å²) in [4.78, 5) is 12.8. The summed E-state index contributed by atoms with van der Waals surface area (Å²) in [6.07, 6.45) is 2.06. The van der Waals surface area contributed by atoms with Crippen LogP contribution < -0.4 is 5.32 Å². The van der Waals surface area contributed by atoms with Crippen molar-refractivity contribution in [3.8, 4) is 0 Å². The van der Waals surface area contributed by atoms with Gasteiger partial charge in [0.1, 0.15) is 0 Å². The maximum Gasteiger partial charge on any atom is 0.338 e. The van der Waals surface area contributed by atoms with Crippen LogP contribution in [0.1, 0.15) is 19.8 Å². The van der Waals surface area contributed by atoms with Crippen LogP contribution in [0.3, 0.4) is 0 Å². The van der Waals surface area contributed by atoms with Gasteiger partial charge in [-0.15, -0.1) is 0 Å². The molecule has 1 radical (unpaired) electrons. The van der Waals surface area contributed by atoms with Gasteiger partial charge in [0.2, 0.25) is 0 Å². The fraction of sp³-hybridized carbons (Fsp3) is 0.857. The van der Waals surface area contributed by atoms with E-state index in [1.807, 2.05) is 4.90 Å². The van der Waals surface area contributed by atoms with Crippen LogP contribution >= 0.6 is 0 Å². The highest BCUT2D eigenvalue weighted by Crippen LogP contribution is 2.00. The summed E-state index contributed by atoms with van der Waals surface area (Å²) in [7, 11) is 0. The van der Waals surface area contributed by atoms with E-state index in [1.165, 1.54) is 0 Å². The molecular weight excluding hydrogens is 128 g/mol. The Hall–Kier alpha value is -0.730. The molecule has 1 rings (SSSR count). The van der Waals surface area contributed by atoms with Crippen LogP contribution in [0.4, 0.5) is 4.79 Å². The van der Waals surface area contributed by atoms with Crippen LogP contribution in [0, 0.1) is 0 Å². The Labute approximate surface area is 61.4 Å². The average molecular weight is 141 g/mol. The van der Waals surface area contributed by atoms with Gasteiger partial charge in [0.15, 0.2) is 0 Å². The fourth-order valence-electron chi connectivity index (χ4n) is 1.11. The van der Waals surface area contributed by atoms with E-state index in [9.17, 15) is 4.79 Å². The molecule has 0 spiro atoms. The van der Waals surface area contributed by atoms with Gasteiger partial charge < -0.3 is 4.90 Å². The van der Waals surface area contributed by atoms with Gasteiger partial charge >= 0.3 is 6.03 Å². The molecule has 0 atom stereocenters. The molecule has 1 heterocycles. The minimum absolute atomic E-state index is 0.0203. The highest BCUT2D eigenvalue weighted by atomic mass is 16.2. The first-order chi connectivity index (χ1) is 4.84. The number of rotatable bonds is 2. The summed E-state index contributed by atoms with van der Waals surface area (Å²) in [5, 5.41) is 3.82. The summed E-state index contributed by atoms with van der Waals surface area (Å²) < 4.78 is 0. The fourth-order valence-corrected chi connectivity index (χ4v) is 1.11. The molecule has 1 fully saturated rings. The summed E-state index contributed by atoms with van der Waals surface area (Å²) in [5.74, 6) is 0. The molecule has 0 aromatic carbocycles. The number of carbonyl (C=O) groups is 1. The van der Waals surface area contributed by atoms with Crippen molar-refractivity contribution < 1.29 is 4.79 Å². The number of amides is 2. The molecule has 3 heteroatoms. The quantitative estimate of drug-likeness (QED) is 0.560. The molecule has 0 N–H and O–H groups in total. The van der Waals surface area contributed by atoms with E-state index in [0.717, 1.165) is 32.5 Å². The van der Waals surface area contributed by atoms with E-state index in [-0.39, 0.29) is 6.03 Å². The van der Waals surface area contributed by atoms with Gasteiger partial charge in [-0.05, 0) is 12.8 Å². The number of urea groups is 1. The summed E-state index contributed by atoms with van der Waals surface area (Å²) in [6.45, 7) is 4.56. The van der Waals surface area contributed by atoms with E-state index in [2.05, 4.69) is 12.2 Å². The zero-order valence-electron chi connectivity index (χ0n) is 6.34. The Morgan fingerprint density at radius 3 is 3.10 bits per heavy atom. The average Bonchev–Trinajstić information content (AvgIpc) is 1.94. The predicted octanol–water partition coefficient (Wildman–Crippen LogP) is 0.827. The monoisotopic (exact) mass is 141 g/mol. The minimum atomic E-state index is -0.0203. The van der Waals surface area contributed by atoms with Crippen LogP contribution in [0.25, 0.3) is 0 Å². The molecule has 0 bridgehead atoms. The lowest BCUT2D eigenvalue weighted by molar-refractivity contribution is 0.185. The van der Waals surface area contributed by atoms with Gasteiger partial charge in [-0.1, -0.05) is 6.92 Å². The van der Waals surface area contributed by atoms with Crippen molar-refractivity contribution >= 4 is 6.03 Å². The molecule has 10 heavy (non-hydrogen) atoms. The summed E-state index contributed by atoms with van der Waals surface area (Å²) in [6, 6.07) is -0.0203. The molecule has 0 saturated carbocycles. The van der Waals surface area contributed by atoms with Crippen LogP contribution in [-0.2, 0) is 0 Å². The molecule has 1 aliphatic rings. The zero-order valence-corrected chi connectivity index (χ0v) is 6.34. The van der Waals surface area contributed by atoms with Gasteiger partial charge in [-0.25, -0.2) is 10.1 Å². The normalized spacial score (nSPS) is 18.9. The van der Waals surface area contributed by atoms with E-state index in [0.29, 0.717) is 0 Å². The molecule has 2 amide bonds. The Morgan fingerprint density at radius 1 is 1.70 bits per heavy atom. The van der Waals surface area contributed by atoms with Crippen molar-refractivity contribution in [2.24, 2.45) is 0 Å². The lowest BCUT2D eigenvalue weighted by Gasteiger charge is -2.25. The molecule has 1 aliphatic heterocycles. The maximum absolute atomic E-state index is 10.9. The second-order valence-corrected chi connectivity index (χ2v) is 2.50. The standard InChI is InChI=1S/C7H13N2O/c1-2-5-9-6-3-4-8-7(9)10/h2-6H2,1H3. The molecule has 0 aromatic heterocycles. The largest absolute Gasteiger partial charge is 0.338 e. The number of nitrogens with zero attached hydrogens (tertiary/aromatic N) is 2. The molecule has 0 unspecified atom stereocenters. The van der Waals surface area contributed by atoms with Gasteiger partial charge in [-0.3, -0.25) is 0 Å².